The van der Waals surface area contributed by atoms with E-state index in [1.165, 1.54) is 12.8 Å². The second-order valence-electron chi connectivity index (χ2n) is 5.45. The molecule has 4 nitrogen and oxygen atoms in total. The summed E-state index contributed by atoms with van der Waals surface area (Å²) in [4.78, 5) is 14.5. The molecule has 3 N–H and O–H groups in total. The number of nitrogens with zero attached hydrogens (tertiary/aromatic N) is 1. The fraction of sp³-hybridized carbons (Fsp3) is 0.929. The third-order valence-corrected chi connectivity index (χ3v) is 4.42. The van der Waals surface area contributed by atoms with E-state index in [1.54, 1.807) is 0 Å². The molecule has 0 radical (unpaired) electrons. The first-order valence-corrected chi connectivity index (χ1v) is 7.35. The van der Waals surface area contributed by atoms with Crippen LogP contribution in [0, 0.1) is 5.92 Å². The van der Waals surface area contributed by atoms with E-state index in [-0.39, 0.29) is 5.91 Å². The fourth-order valence-corrected chi connectivity index (χ4v) is 2.49. The van der Waals surface area contributed by atoms with Crippen molar-refractivity contribution in [3.63, 3.8) is 0 Å². The van der Waals surface area contributed by atoms with E-state index in [0.717, 1.165) is 26.2 Å². The van der Waals surface area contributed by atoms with Gasteiger partial charge in [-0.05, 0) is 51.2 Å². The van der Waals surface area contributed by atoms with Gasteiger partial charge in [-0.15, -0.1) is 0 Å². The maximum absolute atomic E-state index is 12.0. The van der Waals surface area contributed by atoms with Crippen LogP contribution >= 0.6 is 0 Å². The molecule has 0 aromatic heterocycles. The van der Waals surface area contributed by atoms with Gasteiger partial charge in [0.15, 0.2) is 0 Å². The van der Waals surface area contributed by atoms with Gasteiger partial charge in [0.2, 0.25) is 5.91 Å². The molecule has 1 fully saturated rings. The molecule has 0 aromatic rings. The molecule has 0 bridgehead atoms. The lowest BCUT2D eigenvalue weighted by Gasteiger charge is -2.32. The Morgan fingerprint density at radius 3 is 2.28 bits per heavy atom. The molecule has 0 unspecified atom stereocenters. The van der Waals surface area contributed by atoms with Crippen molar-refractivity contribution >= 4 is 5.91 Å². The van der Waals surface area contributed by atoms with Crippen LogP contribution in [0.4, 0.5) is 0 Å². The van der Waals surface area contributed by atoms with Gasteiger partial charge in [-0.25, -0.2) is 0 Å². The Morgan fingerprint density at radius 1 is 1.28 bits per heavy atom. The second-order valence-corrected chi connectivity index (χ2v) is 5.45. The van der Waals surface area contributed by atoms with Crippen LogP contribution < -0.4 is 11.1 Å². The molecule has 0 aliphatic carbocycles. The van der Waals surface area contributed by atoms with Crippen molar-refractivity contribution in [2.45, 2.75) is 52.0 Å². The summed E-state index contributed by atoms with van der Waals surface area (Å²) in [6.45, 7) is 10.4. The molecule has 1 saturated heterocycles. The molecule has 1 aliphatic heterocycles. The number of likely N-dealkylation sites (tertiary alicyclic amines) is 1. The molecule has 0 atom stereocenters. The van der Waals surface area contributed by atoms with Crippen LogP contribution in [-0.4, -0.2) is 42.5 Å². The van der Waals surface area contributed by atoms with E-state index >= 15 is 0 Å². The summed E-state index contributed by atoms with van der Waals surface area (Å²) in [7, 11) is 0. The van der Waals surface area contributed by atoms with E-state index < -0.39 is 5.54 Å². The van der Waals surface area contributed by atoms with Crippen molar-refractivity contribution in [1.82, 2.24) is 10.2 Å². The Balaban J connectivity index is 2.31. The van der Waals surface area contributed by atoms with Crippen LogP contribution in [0.3, 0.4) is 0 Å². The zero-order chi connectivity index (χ0) is 13.6. The highest BCUT2D eigenvalue weighted by Crippen LogP contribution is 2.17. The van der Waals surface area contributed by atoms with Crippen molar-refractivity contribution < 1.29 is 4.79 Å². The number of carbonyl (C=O) groups is 1. The van der Waals surface area contributed by atoms with Crippen LogP contribution in [0.15, 0.2) is 0 Å². The second kappa shape index (κ2) is 7.10. The quantitative estimate of drug-likeness (QED) is 0.753. The molecule has 0 aromatic carbocycles. The molecular weight excluding hydrogens is 226 g/mol. The minimum atomic E-state index is -0.676. The summed E-state index contributed by atoms with van der Waals surface area (Å²) in [5.74, 6) is 0.639. The Hall–Kier alpha value is -0.610. The van der Waals surface area contributed by atoms with E-state index in [9.17, 15) is 4.79 Å². The van der Waals surface area contributed by atoms with Crippen LogP contribution in [0.1, 0.15) is 46.5 Å². The molecule has 1 rings (SSSR count). The van der Waals surface area contributed by atoms with Gasteiger partial charge in [0.25, 0.3) is 0 Å². The fourth-order valence-electron chi connectivity index (χ4n) is 2.49. The van der Waals surface area contributed by atoms with Gasteiger partial charge in [0.05, 0.1) is 5.54 Å². The SMILES string of the molecule is CCN1CCC(CNC(=O)C(N)(CC)CC)CC1. The third-order valence-electron chi connectivity index (χ3n) is 4.42. The summed E-state index contributed by atoms with van der Waals surface area (Å²) < 4.78 is 0. The molecule has 4 heteroatoms. The summed E-state index contributed by atoms with van der Waals surface area (Å²) >= 11 is 0. The molecular formula is C14H29N3O. The van der Waals surface area contributed by atoms with E-state index in [4.69, 9.17) is 5.73 Å². The van der Waals surface area contributed by atoms with Gasteiger partial charge >= 0.3 is 0 Å². The smallest absolute Gasteiger partial charge is 0.240 e. The predicted octanol–water partition coefficient (Wildman–Crippen LogP) is 1.35. The third kappa shape index (κ3) is 3.95. The highest BCUT2D eigenvalue weighted by molar-refractivity contribution is 5.85. The van der Waals surface area contributed by atoms with E-state index in [2.05, 4.69) is 17.1 Å². The number of nitrogens with two attached hydrogens (primary N) is 1. The van der Waals surface area contributed by atoms with E-state index in [0.29, 0.717) is 18.8 Å². The van der Waals surface area contributed by atoms with Crippen LogP contribution in [0.2, 0.25) is 0 Å². The largest absolute Gasteiger partial charge is 0.354 e. The molecule has 1 aliphatic rings. The topological polar surface area (TPSA) is 58.4 Å². The first kappa shape index (κ1) is 15.4. The van der Waals surface area contributed by atoms with Crippen LogP contribution in [0.5, 0.6) is 0 Å². The number of carbonyl (C=O) groups excluding carboxylic acids is 1. The average molecular weight is 255 g/mol. The lowest BCUT2D eigenvalue weighted by Crippen LogP contribution is -2.54. The normalized spacial score (nSPS) is 18.9. The summed E-state index contributed by atoms with van der Waals surface area (Å²) in [6, 6.07) is 0. The Labute approximate surface area is 111 Å². The Morgan fingerprint density at radius 2 is 1.83 bits per heavy atom. The number of hydrogen-bond acceptors (Lipinski definition) is 3. The molecule has 1 heterocycles. The van der Waals surface area contributed by atoms with Crippen molar-refractivity contribution in [3.05, 3.63) is 0 Å². The minimum Gasteiger partial charge on any atom is -0.354 e. The van der Waals surface area contributed by atoms with Gasteiger partial charge in [-0.1, -0.05) is 20.8 Å². The average Bonchev–Trinajstić information content (AvgIpc) is 2.44. The van der Waals surface area contributed by atoms with Crippen molar-refractivity contribution in [2.24, 2.45) is 11.7 Å². The lowest BCUT2D eigenvalue weighted by atomic mass is 9.92. The highest BCUT2D eigenvalue weighted by atomic mass is 16.2. The predicted molar refractivity (Wildman–Crippen MR) is 75.3 cm³/mol. The van der Waals surface area contributed by atoms with Gasteiger partial charge in [-0.2, -0.15) is 0 Å². The maximum atomic E-state index is 12.0. The Kier molecular flexibility index (Phi) is 6.09. The molecule has 106 valence electrons. The summed E-state index contributed by atoms with van der Waals surface area (Å²) in [6.07, 6.45) is 3.76. The van der Waals surface area contributed by atoms with E-state index in [1.807, 2.05) is 13.8 Å². The zero-order valence-corrected chi connectivity index (χ0v) is 12.2. The van der Waals surface area contributed by atoms with Gasteiger partial charge < -0.3 is 16.0 Å². The summed E-state index contributed by atoms with van der Waals surface area (Å²) in [5.41, 5.74) is 5.40. The summed E-state index contributed by atoms with van der Waals surface area (Å²) in [5, 5.41) is 3.05. The monoisotopic (exact) mass is 255 g/mol. The molecule has 1 amide bonds. The zero-order valence-electron chi connectivity index (χ0n) is 12.2. The van der Waals surface area contributed by atoms with Crippen molar-refractivity contribution in [2.75, 3.05) is 26.2 Å². The molecule has 0 saturated carbocycles. The number of rotatable bonds is 6. The minimum absolute atomic E-state index is 0.0189. The van der Waals surface area contributed by atoms with Gasteiger partial charge in [-0.3, -0.25) is 4.79 Å². The van der Waals surface area contributed by atoms with Crippen LogP contribution in [-0.2, 0) is 4.79 Å². The number of amides is 1. The highest BCUT2D eigenvalue weighted by Gasteiger charge is 2.30. The molecule has 0 spiro atoms. The van der Waals surface area contributed by atoms with Crippen molar-refractivity contribution in [1.29, 1.82) is 0 Å². The Bertz CT molecular complexity index is 256. The van der Waals surface area contributed by atoms with Gasteiger partial charge in [0, 0.05) is 6.54 Å². The molecule has 18 heavy (non-hydrogen) atoms. The first-order chi connectivity index (χ1) is 8.55. The van der Waals surface area contributed by atoms with Gasteiger partial charge in [0.1, 0.15) is 0 Å². The maximum Gasteiger partial charge on any atom is 0.240 e. The number of nitrogens with one attached hydrogen (secondary N) is 1. The van der Waals surface area contributed by atoms with Crippen molar-refractivity contribution in [3.8, 4) is 0 Å². The standard InChI is InChI=1S/C14H29N3O/c1-4-14(15,5-2)13(18)16-11-12-7-9-17(6-3)10-8-12/h12H,4-11,15H2,1-3H3,(H,16,18). The van der Waals surface area contributed by atoms with Crippen LogP contribution in [0.25, 0.3) is 0 Å². The lowest BCUT2D eigenvalue weighted by molar-refractivity contribution is -0.126. The number of hydrogen-bond donors (Lipinski definition) is 2. The first-order valence-electron chi connectivity index (χ1n) is 7.35. The number of piperidine rings is 1.